The van der Waals surface area contributed by atoms with Crippen LogP contribution in [0.5, 0.6) is 0 Å². The molecule has 1 nitrogen and oxygen atoms in total. The summed E-state index contributed by atoms with van der Waals surface area (Å²) in [5, 5.41) is 0. The SMILES string of the molecule is Cc1ccc(F)cc1CC(N)Cc1cccc(F)c1. The normalized spacial score (nSPS) is 12.4. The molecule has 0 aliphatic carbocycles. The lowest BCUT2D eigenvalue weighted by Gasteiger charge is -2.13. The third kappa shape index (κ3) is 3.86. The molecule has 3 heteroatoms. The van der Waals surface area contributed by atoms with Crippen molar-refractivity contribution < 1.29 is 8.78 Å². The van der Waals surface area contributed by atoms with Crippen LogP contribution in [0, 0.1) is 18.6 Å². The van der Waals surface area contributed by atoms with Crippen LogP contribution < -0.4 is 5.73 Å². The van der Waals surface area contributed by atoms with Crippen LogP contribution in [0.4, 0.5) is 8.78 Å². The summed E-state index contributed by atoms with van der Waals surface area (Å²) in [5.41, 5.74) is 8.85. The van der Waals surface area contributed by atoms with E-state index in [9.17, 15) is 8.78 Å². The molecule has 0 amide bonds. The Morgan fingerprint density at radius 2 is 1.74 bits per heavy atom. The summed E-state index contributed by atoms with van der Waals surface area (Å²) < 4.78 is 26.3. The van der Waals surface area contributed by atoms with Gasteiger partial charge in [0.1, 0.15) is 11.6 Å². The van der Waals surface area contributed by atoms with Crippen molar-refractivity contribution in [3.05, 3.63) is 70.8 Å². The number of hydrogen-bond acceptors (Lipinski definition) is 1. The Hall–Kier alpha value is -1.74. The second kappa shape index (κ2) is 5.93. The zero-order valence-electron chi connectivity index (χ0n) is 10.9. The molecule has 0 bridgehead atoms. The molecule has 1 atom stereocenters. The van der Waals surface area contributed by atoms with E-state index in [2.05, 4.69) is 0 Å². The van der Waals surface area contributed by atoms with E-state index in [1.54, 1.807) is 12.1 Å². The van der Waals surface area contributed by atoms with E-state index in [0.717, 1.165) is 16.7 Å². The van der Waals surface area contributed by atoms with Crippen LogP contribution in [0.25, 0.3) is 0 Å². The Morgan fingerprint density at radius 1 is 1.00 bits per heavy atom. The smallest absolute Gasteiger partial charge is 0.123 e. The second-order valence-corrected chi connectivity index (χ2v) is 4.87. The number of halogens is 2. The highest BCUT2D eigenvalue weighted by Crippen LogP contribution is 2.14. The molecule has 0 heterocycles. The minimum absolute atomic E-state index is 0.151. The molecule has 0 saturated carbocycles. The van der Waals surface area contributed by atoms with E-state index in [0.29, 0.717) is 12.8 Å². The zero-order chi connectivity index (χ0) is 13.8. The number of rotatable bonds is 4. The van der Waals surface area contributed by atoms with E-state index in [1.165, 1.54) is 24.3 Å². The van der Waals surface area contributed by atoms with Gasteiger partial charge >= 0.3 is 0 Å². The van der Waals surface area contributed by atoms with Crippen LogP contribution >= 0.6 is 0 Å². The highest BCUT2D eigenvalue weighted by molar-refractivity contribution is 5.28. The summed E-state index contributed by atoms with van der Waals surface area (Å²) in [6.07, 6.45) is 1.16. The van der Waals surface area contributed by atoms with Gasteiger partial charge in [-0.3, -0.25) is 0 Å². The first-order chi connectivity index (χ1) is 9.04. The van der Waals surface area contributed by atoms with Crippen LogP contribution in [-0.2, 0) is 12.8 Å². The number of aryl methyl sites for hydroxylation is 1. The third-order valence-electron chi connectivity index (χ3n) is 3.18. The summed E-state index contributed by atoms with van der Waals surface area (Å²) in [7, 11) is 0. The molecule has 2 aromatic rings. The van der Waals surface area contributed by atoms with Crippen molar-refractivity contribution in [1.29, 1.82) is 0 Å². The van der Waals surface area contributed by atoms with Gasteiger partial charge in [-0.25, -0.2) is 8.78 Å². The van der Waals surface area contributed by atoms with Crippen molar-refractivity contribution in [1.82, 2.24) is 0 Å². The predicted molar refractivity (Wildman–Crippen MR) is 72.9 cm³/mol. The Bertz CT molecular complexity index is 566. The maximum Gasteiger partial charge on any atom is 0.123 e. The average molecular weight is 261 g/mol. The highest BCUT2D eigenvalue weighted by Gasteiger charge is 2.09. The van der Waals surface area contributed by atoms with Gasteiger partial charge in [-0.1, -0.05) is 18.2 Å². The largest absolute Gasteiger partial charge is 0.327 e. The van der Waals surface area contributed by atoms with Crippen LogP contribution in [0.3, 0.4) is 0 Å². The summed E-state index contributed by atoms with van der Waals surface area (Å²) in [5.74, 6) is -0.509. The Labute approximate surface area is 112 Å². The molecule has 0 aromatic heterocycles. The summed E-state index contributed by atoms with van der Waals surface area (Å²) in [4.78, 5) is 0. The molecule has 100 valence electrons. The molecule has 2 N–H and O–H groups in total. The molecule has 2 aromatic carbocycles. The van der Waals surface area contributed by atoms with Crippen molar-refractivity contribution in [3.8, 4) is 0 Å². The standard InChI is InChI=1S/C16H17F2N/c1-11-5-6-15(18)9-13(11)10-16(19)8-12-3-2-4-14(17)7-12/h2-7,9,16H,8,10,19H2,1H3. The lowest BCUT2D eigenvalue weighted by molar-refractivity contribution is 0.611. The molecular formula is C16H17F2N. The van der Waals surface area contributed by atoms with E-state index in [1.807, 2.05) is 13.0 Å². The summed E-state index contributed by atoms with van der Waals surface area (Å²) >= 11 is 0. The van der Waals surface area contributed by atoms with Crippen LogP contribution in [0.1, 0.15) is 16.7 Å². The second-order valence-electron chi connectivity index (χ2n) is 4.87. The summed E-state index contributed by atoms with van der Waals surface area (Å²) in [6, 6.07) is 11.0. The molecule has 2 rings (SSSR count). The molecule has 0 fully saturated rings. The fraction of sp³-hybridized carbons (Fsp3) is 0.250. The van der Waals surface area contributed by atoms with Crippen molar-refractivity contribution >= 4 is 0 Å². The van der Waals surface area contributed by atoms with Gasteiger partial charge in [-0.05, 0) is 60.7 Å². The summed E-state index contributed by atoms with van der Waals surface area (Å²) in [6.45, 7) is 1.93. The van der Waals surface area contributed by atoms with Crippen molar-refractivity contribution in [2.24, 2.45) is 5.73 Å². The average Bonchev–Trinajstić information content (AvgIpc) is 2.34. The lowest BCUT2D eigenvalue weighted by Crippen LogP contribution is -2.26. The maximum absolute atomic E-state index is 13.2. The Morgan fingerprint density at radius 3 is 2.47 bits per heavy atom. The first-order valence-corrected chi connectivity index (χ1v) is 6.29. The number of benzene rings is 2. The fourth-order valence-electron chi connectivity index (χ4n) is 2.18. The molecule has 0 saturated heterocycles. The molecular weight excluding hydrogens is 244 g/mol. The van der Waals surface area contributed by atoms with Gasteiger partial charge in [0.2, 0.25) is 0 Å². The molecule has 0 spiro atoms. The first-order valence-electron chi connectivity index (χ1n) is 6.29. The van der Waals surface area contributed by atoms with Crippen molar-refractivity contribution in [2.45, 2.75) is 25.8 Å². The molecule has 1 unspecified atom stereocenters. The molecule has 0 radical (unpaired) electrons. The Kier molecular flexibility index (Phi) is 4.27. The minimum Gasteiger partial charge on any atom is -0.327 e. The van der Waals surface area contributed by atoms with Gasteiger partial charge in [-0.15, -0.1) is 0 Å². The van der Waals surface area contributed by atoms with Gasteiger partial charge in [0, 0.05) is 6.04 Å². The van der Waals surface area contributed by atoms with Gasteiger partial charge in [0.05, 0.1) is 0 Å². The topological polar surface area (TPSA) is 26.0 Å². The van der Waals surface area contributed by atoms with E-state index < -0.39 is 0 Å². The van der Waals surface area contributed by atoms with E-state index in [-0.39, 0.29) is 17.7 Å². The van der Waals surface area contributed by atoms with Crippen LogP contribution in [0.2, 0.25) is 0 Å². The number of nitrogens with two attached hydrogens (primary N) is 1. The quantitative estimate of drug-likeness (QED) is 0.897. The Balaban J connectivity index is 2.05. The fourth-order valence-corrected chi connectivity index (χ4v) is 2.18. The molecule has 0 aliphatic heterocycles. The monoisotopic (exact) mass is 261 g/mol. The van der Waals surface area contributed by atoms with Crippen molar-refractivity contribution in [2.75, 3.05) is 0 Å². The van der Waals surface area contributed by atoms with E-state index in [4.69, 9.17) is 5.73 Å². The van der Waals surface area contributed by atoms with Crippen molar-refractivity contribution in [3.63, 3.8) is 0 Å². The molecule has 19 heavy (non-hydrogen) atoms. The van der Waals surface area contributed by atoms with Gasteiger partial charge in [-0.2, -0.15) is 0 Å². The first kappa shape index (κ1) is 13.7. The van der Waals surface area contributed by atoms with Crippen LogP contribution in [-0.4, -0.2) is 6.04 Å². The van der Waals surface area contributed by atoms with Gasteiger partial charge in [0.15, 0.2) is 0 Å². The van der Waals surface area contributed by atoms with Gasteiger partial charge in [0.25, 0.3) is 0 Å². The highest BCUT2D eigenvalue weighted by atomic mass is 19.1. The zero-order valence-corrected chi connectivity index (χ0v) is 10.9. The van der Waals surface area contributed by atoms with E-state index >= 15 is 0 Å². The van der Waals surface area contributed by atoms with Gasteiger partial charge < -0.3 is 5.73 Å². The van der Waals surface area contributed by atoms with Crippen LogP contribution in [0.15, 0.2) is 42.5 Å². The lowest BCUT2D eigenvalue weighted by atomic mass is 9.97. The third-order valence-corrected chi connectivity index (χ3v) is 3.18. The molecule has 0 aliphatic rings. The maximum atomic E-state index is 13.2. The number of hydrogen-bond donors (Lipinski definition) is 1. The minimum atomic E-state index is -0.258. The predicted octanol–water partition coefficient (Wildman–Crippen LogP) is 3.39.